The molecule has 3 aliphatic rings. The minimum absolute atomic E-state index is 0.0741. The molecule has 1 aliphatic heterocycles. The molecule has 0 unspecified atom stereocenters. The lowest BCUT2D eigenvalue weighted by molar-refractivity contribution is -0.271. The van der Waals surface area contributed by atoms with Crippen LogP contribution >= 0.6 is 0 Å². The first-order valence-electron chi connectivity index (χ1n) is 10.6. The van der Waals surface area contributed by atoms with Crippen LogP contribution in [-0.2, 0) is 0 Å². The fraction of sp³-hybridized carbons (Fsp3) is 0.714. The van der Waals surface area contributed by atoms with E-state index < -0.39 is 11.8 Å². The van der Waals surface area contributed by atoms with Gasteiger partial charge in [0, 0.05) is 25.2 Å². The molecule has 1 amide bonds. The van der Waals surface area contributed by atoms with Crippen LogP contribution in [0, 0.1) is 0 Å². The van der Waals surface area contributed by atoms with Crippen LogP contribution in [-0.4, -0.2) is 57.8 Å². The summed E-state index contributed by atoms with van der Waals surface area (Å²) in [4.78, 5) is 21.8. The summed E-state index contributed by atoms with van der Waals surface area (Å²) in [5, 5.41) is 9.95. The smallest absolute Gasteiger partial charge is 0.380 e. The van der Waals surface area contributed by atoms with Crippen molar-refractivity contribution in [1.29, 1.82) is 0 Å². The molecule has 8 heteroatoms. The number of aromatic nitrogens is 1. The number of carbonyl (C=O) groups is 1. The van der Waals surface area contributed by atoms with Crippen molar-refractivity contribution in [2.75, 3.05) is 18.0 Å². The Morgan fingerprint density at radius 2 is 1.69 bits per heavy atom. The lowest BCUT2D eigenvalue weighted by Gasteiger charge is -2.41. The highest BCUT2D eigenvalue weighted by atomic mass is 19.4. The van der Waals surface area contributed by atoms with Gasteiger partial charge < -0.3 is 14.9 Å². The second-order valence-electron chi connectivity index (χ2n) is 8.63. The zero-order valence-corrected chi connectivity index (χ0v) is 16.5. The Morgan fingerprint density at radius 3 is 2.28 bits per heavy atom. The van der Waals surface area contributed by atoms with Crippen LogP contribution in [0.1, 0.15) is 68.3 Å². The van der Waals surface area contributed by atoms with E-state index in [1.807, 2.05) is 12.1 Å². The molecule has 1 aromatic rings. The first-order chi connectivity index (χ1) is 13.8. The van der Waals surface area contributed by atoms with Gasteiger partial charge in [-0.15, -0.1) is 0 Å². The fourth-order valence-electron chi connectivity index (χ4n) is 4.60. The van der Waals surface area contributed by atoms with Crippen LogP contribution in [0.15, 0.2) is 18.2 Å². The van der Waals surface area contributed by atoms with Gasteiger partial charge in [-0.05, 0) is 69.9 Å². The van der Waals surface area contributed by atoms with Crippen LogP contribution in [0.3, 0.4) is 0 Å². The standard InChI is InChI=1S/C21H28F3N3O2/c22-21(23,24)20(29)11-9-16(10-12-20)27(15-7-8-15)19(28)17-5-4-6-18(25-17)26-13-2-1-3-14-26/h4-6,15-16,29H,1-3,7-14H2. The van der Waals surface area contributed by atoms with Gasteiger partial charge in [0.15, 0.2) is 5.60 Å². The molecule has 1 N–H and O–H groups in total. The topological polar surface area (TPSA) is 56.7 Å². The number of halogens is 3. The van der Waals surface area contributed by atoms with Gasteiger partial charge in [-0.25, -0.2) is 4.98 Å². The molecule has 29 heavy (non-hydrogen) atoms. The maximum atomic E-state index is 13.3. The van der Waals surface area contributed by atoms with Crippen molar-refractivity contribution in [3.8, 4) is 0 Å². The molecule has 5 nitrogen and oxygen atoms in total. The van der Waals surface area contributed by atoms with Gasteiger partial charge in [0.1, 0.15) is 11.5 Å². The van der Waals surface area contributed by atoms with E-state index >= 15 is 0 Å². The third-order valence-corrected chi connectivity index (χ3v) is 6.51. The van der Waals surface area contributed by atoms with E-state index in [1.165, 1.54) is 6.42 Å². The van der Waals surface area contributed by atoms with Crippen LogP contribution in [0.4, 0.5) is 19.0 Å². The van der Waals surface area contributed by atoms with Crippen LogP contribution in [0.2, 0.25) is 0 Å². The Hall–Kier alpha value is -1.83. The Morgan fingerprint density at radius 1 is 1.07 bits per heavy atom. The summed E-state index contributed by atoms with van der Waals surface area (Å²) in [6.45, 7) is 1.85. The van der Waals surface area contributed by atoms with Crippen molar-refractivity contribution >= 4 is 11.7 Å². The van der Waals surface area contributed by atoms with Crippen molar-refractivity contribution in [2.24, 2.45) is 0 Å². The number of carbonyl (C=O) groups excluding carboxylic acids is 1. The Bertz CT molecular complexity index is 737. The zero-order valence-electron chi connectivity index (χ0n) is 16.5. The Labute approximate surface area is 168 Å². The number of amides is 1. The van der Waals surface area contributed by atoms with Crippen molar-refractivity contribution in [2.45, 2.75) is 81.6 Å². The molecule has 2 aliphatic carbocycles. The summed E-state index contributed by atoms with van der Waals surface area (Å²) in [5.41, 5.74) is -2.27. The van der Waals surface area contributed by atoms with E-state index in [9.17, 15) is 23.1 Å². The SMILES string of the molecule is O=C(c1cccc(N2CCCCC2)n1)N(C1CC1)C1CCC(O)(C(F)(F)F)CC1. The molecule has 2 saturated carbocycles. The first-order valence-corrected chi connectivity index (χ1v) is 10.6. The summed E-state index contributed by atoms with van der Waals surface area (Å²) in [6, 6.07) is 5.23. The van der Waals surface area contributed by atoms with Gasteiger partial charge in [0.2, 0.25) is 0 Å². The second-order valence-corrected chi connectivity index (χ2v) is 8.63. The molecular weight excluding hydrogens is 383 g/mol. The van der Waals surface area contributed by atoms with Gasteiger partial charge in [0.05, 0.1) is 0 Å². The molecule has 0 atom stereocenters. The highest BCUT2D eigenvalue weighted by molar-refractivity contribution is 5.93. The average molecular weight is 411 g/mol. The number of piperidine rings is 1. The number of nitrogens with zero attached hydrogens (tertiary/aromatic N) is 3. The van der Waals surface area contributed by atoms with Crippen LogP contribution in [0.25, 0.3) is 0 Å². The lowest BCUT2D eigenvalue weighted by Crippen LogP contribution is -2.52. The van der Waals surface area contributed by atoms with Crippen LogP contribution in [0.5, 0.6) is 0 Å². The Balaban J connectivity index is 1.49. The molecule has 0 radical (unpaired) electrons. The fourth-order valence-corrected chi connectivity index (χ4v) is 4.60. The summed E-state index contributed by atoms with van der Waals surface area (Å²) >= 11 is 0. The lowest BCUT2D eigenvalue weighted by atomic mass is 9.81. The number of aliphatic hydroxyl groups is 1. The summed E-state index contributed by atoms with van der Waals surface area (Å²) < 4.78 is 39.4. The predicted octanol–water partition coefficient (Wildman–Crippen LogP) is 3.91. The molecule has 0 spiro atoms. The largest absolute Gasteiger partial charge is 0.417 e. The normalized spacial score (nSPS) is 28.3. The summed E-state index contributed by atoms with van der Waals surface area (Å²) in [6.07, 6.45) is 0.130. The molecule has 1 aromatic heterocycles. The summed E-state index contributed by atoms with van der Waals surface area (Å²) in [5.74, 6) is 0.593. The van der Waals surface area contributed by atoms with Crippen molar-refractivity contribution in [1.82, 2.24) is 9.88 Å². The van der Waals surface area contributed by atoms with E-state index in [-0.39, 0.29) is 43.7 Å². The number of alkyl halides is 3. The van der Waals surface area contributed by atoms with E-state index in [0.717, 1.165) is 44.6 Å². The van der Waals surface area contributed by atoms with Gasteiger partial charge >= 0.3 is 6.18 Å². The third-order valence-electron chi connectivity index (χ3n) is 6.51. The van der Waals surface area contributed by atoms with Crippen molar-refractivity contribution in [3.05, 3.63) is 23.9 Å². The molecule has 0 bridgehead atoms. The van der Waals surface area contributed by atoms with E-state index in [4.69, 9.17) is 0 Å². The first kappa shape index (κ1) is 20.4. The van der Waals surface area contributed by atoms with Crippen molar-refractivity contribution < 1.29 is 23.1 Å². The average Bonchev–Trinajstić information content (AvgIpc) is 3.55. The molecule has 2 heterocycles. The van der Waals surface area contributed by atoms with Gasteiger partial charge in [-0.1, -0.05) is 6.07 Å². The monoisotopic (exact) mass is 411 g/mol. The highest BCUT2D eigenvalue weighted by Crippen LogP contribution is 2.44. The number of rotatable bonds is 4. The van der Waals surface area contributed by atoms with E-state index in [0.29, 0.717) is 5.69 Å². The Kier molecular flexibility index (Phi) is 5.48. The number of pyridine rings is 1. The van der Waals surface area contributed by atoms with Gasteiger partial charge in [-0.2, -0.15) is 13.2 Å². The number of hydrogen-bond acceptors (Lipinski definition) is 4. The second kappa shape index (κ2) is 7.78. The quantitative estimate of drug-likeness (QED) is 0.816. The third kappa shape index (κ3) is 4.22. The van der Waals surface area contributed by atoms with Gasteiger partial charge in [0.25, 0.3) is 5.91 Å². The summed E-state index contributed by atoms with van der Waals surface area (Å²) in [7, 11) is 0. The molecule has 3 fully saturated rings. The van der Waals surface area contributed by atoms with Crippen LogP contribution < -0.4 is 4.90 Å². The molecule has 0 aromatic carbocycles. The molecule has 4 rings (SSSR count). The maximum Gasteiger partial charge on any atom is 0.417 e. The number of anilines is 1. The maximum absolute atomic E-state index is 13.3. The minimum Gasteiger partial charge on any atom is -0.380 e. The van der Waals surface area contributed by atoms with E-state index in [2.05, 4.69) is 9.88 Å². The van der Waals surface area contributed by atoms with E-state index in [1.54, 1.807) is 11.0 Å². The van der Waals surface area contributed by atoms with Gasteiger partial charge in [-0.3, -0.25) is 4.79 Å². The molecule has 160 valence electrons. The molecular formula is C21H28F3N3O2. The van der Waals surface area contributed by atoms with Crippen molar-refractivity contribution in [3.63, 3.8) is 0 Å². The highest BCUT2D eigenvalue weighted by Gasteiger charge is 2.55. The minimum atomic E-state index is -4.63. The molecule has 1 saturated heterocycles. The number of hydrogen-bond donors (Lipinski definition) is 1. The predicted molar refractivity (Wildman–Crippen MR) is 103 cm³/mol. The zero-order chi connectivity index (χ0) is 20.6.